The maximum absolute atomic E-state index is 13.1. The molecule has 1 heterocycles. The number of halogens is 1. The van der Waals surface area contributed by atoms with Gasteiger partial charge in [-0.25, -0.2) is 9.69 Å². The number of para-hydroxylation sites is 1. The van der Waals surface area contributed by atoms with Crippen molar-refractivity contribution in [1.82, 2.24) is 0 Å². The second kappa shape index (κ2) is 12.6. The molecule has 0 fully saturated rings. The molecule has 0 aromatic heterocycles. The van der Waals surface area contributed by atoms with Crippen molar-refractivity contribution < 1.29 is 23.9 Å². The second-order valence-corrected chi connectivity index (χ2v) is 10.2. The molecule has 0 aliphatic carbocycles. The summed E-state index contributed by atoms with van der Waals surface area (Å²) >= 11 is 6.25. The Bertz CT molecular complexity index is 1700. The van der Waals surface area contributed by atoms with Crippen molar-refractivity contribution in [3.8, 4) is 0 Å². The number of esters is 1. The van der Waals surface area contributed by atoms with Crippen LogP contribution in [0.1, 0.15) is 34.6 Å². The lowest BCUT2D eigenvalue weighted by atomic mass is 10.1. The molecule has 0 bridgehead atoms. The maximum Gasteiger partial charge on any atom is 0.338 e. The van der Waals surface area contributed by atoms with Gasteiger partial charge >= 0.3 is 5.97 Å². The summed E-state index contributed by atoms with van der Waals surface area (Å²) in [5.41, 5.74) is 3.76. The fourth-order valence-electron chi connectivity index (χ4n) is 4.25. The molecule has 0 unspecified atom stereocenters. The zero-order valence-electron chi connectivity index (χ0n) is 23.3. The number of ether oxygens (including phenoxy) is 1. The van der Waals surface area contributed by atoms with E-state index in [-0.39, 0.29) is 34.0 Å². The molecule has 10 heteroatoms. The quantitative estimate of drug-likeness (QED) is 0.146. The van der Waals surface area contributed by atoms with Crippen LogP contribution in [-0.2, 0) is 14.3 Å². The van der Waals surface area contributed by atoms with Gasteiger partial charge in [-0.3, -0.25) is 14.4 Å². The molecule has 43 heavy (non-hydrogen) atoms. The van der Waals surface area contributed by atoms with Crippen LogP contribution in [0.2, 0.25) is 0 Å². The monoisotopic (exact) mass is 594 g/mol. The minimum atomic E-state index is -0.701. The van der Waals surface area contributed by atoms with Crippen molar-refractivity contribution in [3.05, 3.63) is 125 Å². The predicted octanol–water partition coefficient (Wildman–Crippen LogP) is 6.68. The summed E-state index contributed by atoms with van der Waals surface area (Å²) in [6.07, 6.45) is -0.283. The molecule has 4 aromatic carbocycles. The highest BCUT2D eigenvalue weighted by molar-refractivity contribution is 6.53. The first-order chi connectivity index (χ1) is 20.7. The largest absolute Gasteiger partial charge is 0.459 e. The molecule has 3 N–H and O–H groups in total. The molecule has 0 saturated carbocycles. The Labute approximate surface area is 253 Å². The van der Waals surface area contributed by atoms with Gasteiger partial charge in [0.15, 0.2) is 0 Å². The topological polar surface area (TPSA) is 117 Å². The van der Waals surface area contributed by atoms with Crippen LogP contribution in [-0.4, -0.2) is 29.8 Å². The van der Waals surface area contributed by atoms with E-state index in [1.54, 1.807) is 50.2 Å². The smallest absolute Gasteiger partial charge is 0.338 e. The lowest BCUT2D eigenvalue weighted by Gasteiger charge is -2.16. The summed E-state index contributed by atoms with van der Waals surface area (Å²) in [5, 5.41) is 8.75. The van der Waals surface area contributed by atoms with Crippen LogP contribution >= 0.6 is 11.6 Å². The normalized spacial score (nSPS) is 12.9. The second-order valence-electron chi connectivity index (χ2n) is 9.86. The standard InChI is InChI=1S/C33H27ClN4O5/c1-20(2)43-33(42)22-10-18-27(19-11-22)38-31(40)28(34)29(32(38)41)36-25-12-8-21(9-13-25)30(39)37-26-16-14-24(15-17-26)35-23-6-4-3-5-7-23/h3-20,35-36H,1-2H3,(H,37,39). The summed E-state index contributed by atoms with van der Waals surface area (Å²) < 4.78 is 5.17. The first-order valence-corrected chi connectivity index (χ1v) is 13.8. The number of carbonyl (C=O) groups is 4. The number of carbonyl (C=O) groups excluding carboxylic acids is 4. The van der Waals surface area contributed by atoms with E-state index in [0.717, 1.165) is 16.3 Å². The molecular weight excluding hydrogens is 568 g/mol. The van der Waals surface area contributed by atoms with E-state index >= 15 is 0 Å². The number of hydrogen-bond acceptors (Lipinski definition) is 7. The Morgan fingerprint density at radius 2 is 1.21 bits per heavy atom. The van der Waals surface area contributed by atoms with Gasteiger partial charge in [-0.2, -0.15) is 0 Å². The van der Waals surface area contributed by atoms with Crippen LogP contribution in [0.4, 0.5) is 28.4 Å². The van der Waals surface area contributed by atoms with Crippen molar-refractivity contribution in [2.45, 2.75) is 20.0 Å². The zero-order valence-corrected chi connectivity index (χ0v) is 24.0. The number of benzene rings is 4. The highest BCUT2D eigenvalue weighted by atomic mass is 35.5. The minimum Gasteiger partial charge on any atom is -0.459 e. The Morgan fingerprint density at radius 3 is 1.84 bits per heavy atom. The zero-order chi connectivity index (χ0) is 30.5. The van der Waals surface area contributed by atoms with E-state index in [2.05, 4.69) is 16.0 Å². The van der Waals surface area contributed by atoms with E-state index in [9.17, 15) is 19.2 Å². The summed E-state index contributed by atoms with van der Waals surface area (Å²) in [6, 6.07) is 29.4. The van der Waals surface area contributed by atoms with Crippen molar-refractivity contribution >= 4 is 63.7 Å². The number of nitrogens with zero attached hydrogens (tertiary/aromatic N) is 1. The molecule has 5 rings (SSSR count). The van der Waals surface area contributed by atoms with Crippen molar-refractivity contribution in [2.24, 2.45) is 0 Å². The van der Waals surface area contributed by atoms with Gasteiger partial charge in [-0.05, 0) is 98.8 Å². The minimum absolute atomic E-state index is 0.101. The predicted molar refractivity (Wildman–Crippen MR) is 167 cm³/mol. The Balaban J connectivity index is 1.20. The van der Waals surface area contributed by atoms with Crippen molar-refractivity contribution in [1.29, 1.82) is 0 Å². The van der Waals surface area contributed by atoms with E-state index in [0.29, 0.717) is 16.9 Å². The molecule has 0 spiro atoms. The summed E-state index contributed by atoms with van der Waals surface area (Å²) in [5.74, 6) is -2.18. The van der Waals surface area contributed by atoms with Crippen LogP contribution in [0.15, 0.2) is 114 Å². The third kappa shape index (κ3) is 6.74. The molecule has 4 aromatic rings. The average Bonchev–Trinajstić information content (AvgIpc) is 3.21. The van der Waals surface area contributed by atoms with Gasteiger partial charge in [0.25, 0.3) is 17.7 Å². The molecule has 1 aliphatic rings. The fourth-order valence-corrected chi connectivity index (χ4v) is 4.46. The van der Waals surface area contributed by atoms with Gasteiger partial charge in [0.1, 0.15) is 10.7 Å². The number of imide groups is 1. The van der Waals surface area contributed by atoms with E-state index in [1.165, 1.54) is 24.3 Å². The lowest BCUT2D eigenvalue weighted by Crippen LogP contribution is -2.32. The van der Waals surface area contributed by atoms with Crippen molar-refractivity contribution in [2.75, 3.05) is 20.9 Å². The molecule has 0 saturated heterocycles. The van der Waals surface area contributed by atoms with Gasteiger partial charge in [0.2, 0.25) is 0 Å². The van der Waals surface area contributed by atoms with Crippen LogP contribution in [0.3, 0.4) is 0 Å². The third-order valence-electron chi connectivity index (χ3n) is 6.35. The highest BCUT2D eigenvalue weighted by Crippen LogP contribution is 2.30. The number of nitrogens with one attached hydrogen (secondary N) is 3. The SMILES string of the molecule is CC(C)OC(=O)c1ccc(N2C(=O)C(Cl)=C(Nc3ccc(C(=O)Nc4ccc(Nc5ccccc5)cc4)cc3)C2=O)cc1. The van der Waals surface area contributed by atoms with Gasteiger partial charge in [-0.15, -0.1) is 0 Å². The first kappa shape index (κ1) is 29.1. The summed E-state index contributed by atoms with van der Waals surface area (Å²) in [4.78, 5) is 51.8. The van der Waals surface area contributed by atoms with E-state index < -0.39 is 17.8 Å². The van der Waals surface area contributed by atoms with E-state index in [1.807, 2.05) is 42.5 Å². The first-order valence-electron chi connectivity index (χ1n) is 13.4. The molecule has 0 radical (unpaired) electrons. The maximum atomic E-state index is 13.1. The lowest BCUT2D eigenvalue weighted by molar-refractivity contribution is -0.120. The van der Waals surface area contributed by atoms with Crippen molar-refractivity contribution in [3.63, 3.8) is 0 Å². The summed E-state index contributed by atoms with van der Waals surface area (Å²) in [6.45, 7) is 3.48. The van der Waals surface area contributed by atoms with Crippen LogP contribution in [0, 0.1) is 0 Å². The van der Waals surface area contributed by atoms with Gasteiger partial charge in [0, 0.05) is 28.3 Å². The molecule has 216 valence electrons. The Hall–Kier alpha value is -5.41. The number of amides is 3. The van der Waals surface area contributed by atoms with Gasteiger partial charge < -0.3 is 20.7 Å². The third-order valence-corrected chi connectivity index (χ3v) is 6.70. The highest BCUT2D eigenvalue weighted by Gasteiger charge is 2.39. The van der Waals surface area contributed by atoms with Crippen LogP contribution in [0.25, 0.3) is 0 Å². The van der Waals surface area contributed by atoms with Gasteiger partial charge in [0.05, 0.1) is 17.4 Å². The van der Waals surface area contributed by atoms with E-state index in [4.69, 9.17) is 16.3 Å². The Morgan fingerprint density at radius 1 is 0.674 bits per heavy atom. The molecule has 3 amide bonds. The number of rotatable bonds is 9. The van der Waals surface area contributed by atoms with Gasteiger partial charge in [-0.1, -0.05) is 29.8 Å². The summed E-state index contributed by atoms with van der Waals surface area (Å²) in [7, 11) is 0. The average molecular weight is 595 g/mol. The molecule has 0 atom stereocenters. The molecule has 9 nitrogen and oxygen atoms in total. The van der Waals surface area contributed by atoms with Crippen LogP contribution < -0.4 is 20.9 Å². The Kier molecular flexibility index (Phi) is 8.54. The molecular formula is C33H27ClN4O5. The molecule has 1 aliphatic heterocycles. The number of hydrogen-bond donors (Lipinski definition) is 3. The van der Waals surface area contributed by atoms with Crippen LogP contribution in [0.5, 0.6) is 0 Å². The number of anilines is 5. The fraction of sp³-hybridized carbons (Fsp3) is 0.0909.